The fourth-order valence-corrected chi connectivity index (χ4v) is 4.65. The minimum Gasteiger partial charge on any atom is -0.356 e. The number of aryl methyl sites for hydroxylation is 2. The van der Waals surface area contributed by atoms with Crippen LogP contribution in [0.15, 0.2) is 23.6 Å². The molecule has 0 aliphatic carbocycles. The summed E-state index contributed by atoms with van der Waals surface area (Å²) in [5.41, 5.74) is 4.04. The first-order valence-corrected chi connectivity index (χ1v) is 10.9. The van der Waals surface area contributed by atoms with Crippen molar-refractivity contribution in [3.63, 3.8) is 0 Å². The lowest BCUT2D eigenvalue weighted by Crippen LogP contribution is -2.39. The zero-order valence-corrected chi connectivity index (χ0v) is 17.8. The maximum Gasteiger partial charge on any atom is 0.254 e. The van der Waals surface area contributed by atoms with Crippen LogP contribution in [0.2, 0.25) is 0 Å². The van der Waals surface area contributed by atoms with Crippen molar-refractivity contribution in [1.29, 1.82) is 0 Å². The number of rotatable bonds is 6. The van der Waals surface area contributed by atoms with Gasteiger partial charge in [0.05, 0.1) is 10.7 Å². The molecule has 1 aromatic heterocycles. The zero-order valence-electron chi connectivity index (χ0n) is 17.0. The number of hydrogen-bond donors (Lipinski definition) is 1. The molecule has 1 aromatic carbocycles. The van der Waals surface area contributed by atoms with Gasteiger partial charge in [0.15, 0.2) is 0 Å². The topological polar surface area (TPSA) is 62.3 Å². The molecule has 1 saturated heterocycles. The summed E-state index contributed by atoms with van der Waals surface area (Å²) in [7, 11) is 0. The normalized spacial score (nSPS) is 16.8. The first-order valence-electron chi connectivity index (χ1n) is 10.1. The van der Waals surface area contributed by atoms with Crippen LogP contribution in [-0.2, 0) is 11.2 Å². The van der Waals surface area contributed by atoms with Gasteiger partial charge in [0.1, 0.15) is 0 Å². The van der Waals surface area contributed by atoms with Crippen LogP contribution in [0.4, 0.5) is 0 Å². The highest BCUT2D eigenvalue weighted by molar-refractivity contribution is 7.09. The Balaban J connectivity index is 1.62. The number of nitrogens with one attached hydrogen (secondary N) is 1. The first-order chi connectivity index (χ1) is 13.5. The average molecular weight is 400 g/mol. The number of thiazole rings is 1. The molecule has 2 heterocycles. The molecule has 5 nitrogen and oxygen atoms in total. The molecule has 0 bridgehead atoms. The molecule has 1 aliphatic rings. The molecule has 1 unspecified atom stereocenters. The Bertz CT molecular complexity index is 846. The van der Waals surface area contributed by atoms with E-state index >= 15 is 0 Å². The highest BCUT2D eigenvalue weighted by atomic mass is 32.1. The molecule has 28 heavy (non-hydrogen) atoms. The monoisotopic (exact) mass is 399 g/mol. The minimum absolute atomic E-state index is 0.0725. The van der Waals surface area contributed by atoms with Crippen molar-refractivity contribution in [2.45, 2.75) is 52.4 Å². The van der Waals surface area contributed by atoms with Crippen molar-refractivity contribution in [1.82, 2.24) is 15.2 Å². The summed E-state index contributed by atoms with van der Waals surface area (Å²) >= 11 is 1.67. The number of piperidine rings is 1. The Morgan fingerprint density at radius 2 is 2.14 bits per heavy atom. The third-order valence-electron chi connectivity index (χ3n) is 5.26. The quantitative estimate of drug-likeness (QED) is 0.803. The molecule has 2 amide bonds. The molecule has 2 aromatic rings. The summed E-state index contributed by atoms with van der Waals surface area (Å²) in [6.07, 6.45) is 3.33. The van der Waals surface area contributed by atoms with E-state index in [1.54, 1.807) is 11.3 Å². The predicted octanol–water partition coefficient (Wildman–Crippen LogP) is 3.85. The maximum atomic E-state index is 13.0. The number of nitrogens with zero attached hydrogens (tertiary/aromatic N) is 2. The molecule has 150 valence electrons. The molecule has 1 aliphatic heterocycles. The van der Waals surface area contributed by atoms with Gasteiger partial charge in [-0.15, -0.1) is 11.3 Å². The van der Waals surface area contributed by atoms with E-state index in [9.17, 15) is 9.59 Å². The smallest absolute Gasteiger partial charge is 0.254 e. The summed E-state index contributed by atoms with van der Waals surface area (Å²) in [5, 5.41) is 6.08. The molecule has 6 heteroatoms. The van der Waals surface area contributed by atoms with E-state index in [0.29, 0.717) is 18.9 Å². The van der Waals surface area contributed by atoms with E-state index in [2.05, 4.69) is 16.8 Å². The van der Waals surface area contributed by atoms with E-state index in [-0.39, 0.29) is 11.8 Å². The Morgan fingerprint density at radius 3 is 2.89 bits per heavy atom. The fraction of sp³-hybridized carbons (Fsp3) is 0.500. The largest absolute Gasteiger partial charge is 0.356 e. The van der Waals surface area contributed by atoms with Gasteiger partial charge in [-0.2, -0.15) is 0 Å². The van der Waals surface area contributed by atoms with E-state index in [4.69, 9.17) is 4.98 Å². The standard InChI is InChI=1S/C22H29N3O2S/c1-4-20(26)23-10-9-18-14-28-21(24-18)17-6-5-11-25(13-17)22(27)19-8-7-15(2)12-16(19)3/h7-8,12,14,17H,4-6,9-11,13H2,1-3H3,(H,23,26). The summed E-state index contributed by atoms with van der Waals surface area (Å²) in [6.45, 7) is 8.07. The van der Waals surface area contributed by atoms with Crippen LogP contribution in [0.25, 0.3) is 0 Å². The van der Waals surface area contributed by atoms with E-state index in [1.807, 2.05) is 37.8 Å². The van der Waals surface area contributed by atoms with Gasteiger partial charge in [0.25, 0.3) is 5.91 Å². The van der Waals surface area contributed by atoms with Gasteiger partial charge >= 0.3 is 0 Å². The molecule has 1 fully saturated rings. The SMILES string of the molecule is CCC(=O)NCCc1csc(C2CCCN(C(=O)c3ccc(C)cc3C)C2)n1. The van der Waals surface area contributed by atoms with Gasteiger partial charge in [-0.25, -0.2) is 4.98 Å². The number of amides is 2. The van der Waals surface area contributed by atoms with Crippen molar-refractivity contribution >= 4 is 23.2 Å². The lowest BCUT2D eigenvalue weighted by molar-refractivity contribution is -0.120. The van der Waals surface area contributed by atoms with Gasteiger partial charge in [0, 0.05) is 49.3 Å². The van der Waals surface area contributed by atoms with Crippen molar-refractivity contribution in [3.8, 4) is 0 Å². The molecular formula is C22H29N3O2S. The number of benzene rings is 1. The third kappa shape index (κ3) is 4.98. The van der Waals surface area contributed by atoms with Crippen LogP contribution in [0.1, 0.15) is 64.3 Å². The van der Waals surface area contributed by atoms with Crippen LogP contribution >= 0.6 is 11.3 Å². The molecule has 1 atom stereocenters. The Hall–Kier alpha value is -2.21. The predicted molar refractivity (Wildman–Crippen MR) is 113 cm³/mol. The van der Waals surface area contributed by atoms with Crippen LogP contribution in [0.3, 0.4) is 0 Å². The first kappa shape index (κ1) is 20.5. The van der Waals surface area contributed by atoms with Gasteiger partial charge in [0.2, 0.25) is 5.91 Å². The number of carbonyl (C=O) groups is 2. The van der Waals surface area contributed by atoms with Crippen molar-refractivity contribution in [2.24, 2.45) is 0 Å². The molecule has 1 N–H and O–H groups in total. The second kappa shape index (κ2) is 9.32. The maximum absolute atomic E-state index is 13.0. The van der Waals surface area contributed by atoms with Gasteiger partial charge in [-0.3, -0.25) is 9.59 Å². The summed E-state index contributed by atoms with van der Waals surface area (Å²) in [5.74, 6) is 0.497. The van der Waals surface area contributed by atoms with E-state index < -0.39 is 0 Å². The van der Waals surface area contributed by atoms with Crippen molar-refractivity contribution in [3.05, 3.63) is 51.0 Å². The van der Waals surface area contributed by atoms with Crippen LogP contribution in [0, 0.1) is 13.8 Å². The van der Waals surface area contributed by atoms with Crippen LogP contribution in [-0.4, -0.2) is 41.3 Å². The number of likely N-dealkylation sites (tertiary alicyclic amines) is 1. The Labute approximate surface area is 171 Å². The van der Waals surface area contributed by atoms with Gasteiger partial charge in [-0.05, 0) is 38.3 Å². The number of hydrogen-bond acceptors (Lipinski definition) is 4. The van der Waals surface area contributed by atoms with E-state index in [0.717, 1.165) is 54.2 Å². The summed E-state index contributed by atoms with van der Waals surface area (Å²) < 4.78 is 0. The van der Waals surface area contributed by atoms with Crippen LogP contribution < -0.4 is 5.32 Å². The Kier molecular flexibility index (Phi) is 6.83. The number of aromatic nitrogens is 1. The fourth-order valence-electron chi connectivity index (χ4n) is 3.67. The second-order valence-corrected chi connectivity index (χ2v) is 8.43. The second-order valence-electron chi connectivity index (χ2n) is 7.54. The van der Waals surface area contributed by atoms with Crippen molar-refractivity contribution in [2.75, 3.05) is 19.6 Å². The Morgan fingerprint density at radius 1 is 1.32 bits per heavy atom. The third-order valence-corrected chi connectivity index (χ3v) is 6.32. The molecule has 3 rings (SSSR count). The lowest BCUT2D eigenvalue weighted by Gasteiger charge is -2.32. The zero-order chi connectivity index (χ0) is 20.1. The molecule has 0 saturated carbocycles. The average Bonchev–Trinajstić information content (AvgIpc) is 3.16. The molecular weight excluding hydrogens is 370 g/mol. The highest BCUT2D eigenvalue weighted by Crippen LogP contribution is 2.30. The molecule has 0 spiro atoms. The molecule has 0 radical (unpaired) electrons. The van der Waals surface area contributed by atoms with Crippen molar-refractivity contribution < 1.29 is 9.59 Å². The highest BCUT2D eigenvalue weighted by Gasteiger charge is 2.27. The van der Waals surface area contributed by atoms with Crippen LogP contribution in [0.5, 0.6) is 0 Å². The number of carbonyl (C=O) groups excluding carboxylic acids is 2. The summed E-state index contributed by atoms with van der Waals surface area (Å²) in [4.78, 5) is 31.1. The van der Waals surface area contributed by atoms with Gasteiger partial charge < -0.3 is 10.2 Å². The minimum atomic E-state index is 0.0725. The lowest BCUT2D eigenvalue weighted by atomic mass is 9.97. The summed E-state index contributed by atoms with van der Waals surface area (Å²) in [6, 6.07) is 6.02. The van der Waals surface area contributed by atoms with E-state index in [1.165, 1.54) is 5.56 Å². The van der Waals surface area contributed by atoms with Gasteiger partial charge in [-0.1, -0.05) is 24.6 Å².